The number of anilines is 1. The summed E-state index contributed by atoms with van der Waals surface area (Å²) < 4.78 is 0. The van der Waals surface area contributed by atoms with Crippen LogP contribution in [0.15, 0.2) is 29.6 Å². The Morgan fingerprint density at radius 3 is 2.73 bits per heavy atom. The molecule has 3 N–H and O–H groups in total. The number of amides is 1. The van der Waals surface area contributed by atoms with Crippen LogP contribution in [-0.2, 0) is 4.79 Å². The van der Waals surface area contributed by atoms with Crippen molar-refractivity contribution in [3.63, 3.8) is 0 Å². The van der Waals surface area contributed by atoms with Crippen LogP contribution in [0.4, 0.5) is 5.13 Å². The van der Waals surface area contributed by atoms with Crippen LogP contribution in [-0.4, -0.2) is 16.4 Å². The first-order valence-electron chi connectivity index (χ1n) is 7.70. The minimum atomic E-state index is -0.729. The Morgan fingerprint density at radius 2 is 2.00 bits per heavy atom. The standard InChI is InChI=1S/C17H21N3OS/c1-12-7-3-4-8-13(12)14-11-22-16(19-14)20-15(21)17(18)9-5-2-6-10-17/h3-4,7-8,11H,2,5-6,9-10,18H2,1H3,(H,19,20,21). The molecule has 0 unspecified atom stereocenters. The lowest BCUT2D eigenvalue weighted by Crippen LogP contribution is -2.52. The van der Waals surface area contributed by atoms with Crippen LogP contribution >= 0.6 is 11.3 Å². The number of carbonyl (C=O) groups excluding carboxylic acids is 1. The summed E-state index contributed by atoms with van der Waals surface area (Å²) in [6.07, 6.45) is 4.73. The highest BCUT2D eigenvalue weighted by Gasteiger charge is 2.35. The second kappa shape index (κ2) is 6.18. The second-order valence-corrected chi connectivity index (χ2v) is 6.88. The molecule has 4 nitrogen and oxygen atoms in total. The van der Waals surface area contributed by atoms with Gasteiger partial charge in [0.25, 0.3) is 0 Å². The second-order valence-electron chi connectivity index (χ2n) is 6.02. The van der Waals surface area contributed by atoms with Crippen molar-refractivity contribution in [3.8, 4) is 11.3 Å². The van der Waals surface area contributed by atoms with Crippen molar-refractivity contribution in [1.29, 1.82) is 0 Å². The van der Waals surface area contributed by atoms with E-state index in [9.17, 15) is 4.79 Å². The molecule has 3 rings (SSSR count). The van der Waals surface area contributed by atoms with Gasteiger partial charge in [0.15, 0.2) is 5.13 Å². The lowest BCUT2D eigenvalue weighted by molar-refractivity contribution is -0.122. The lowest BCUT2D eigenvalue weighted by atomic mass is 9.82. The molecule has 1 aliphatic rings. The zero-order valence-electron chi connectivity index (χ0n) is 12.8. The van der Waals surface area contributed by atoms with E-state index in [1.165, 1.54) is 23.3 Å². The Labute approximate surface area is 134 Å². The predicted molar refractivity (Wildman–Crippen MR) is 90.9 cm³/mol. The van der Waals surface area contributed by atoms with Crippen LogP contribution in [0.2, 0.25) is 0 Å². The number of nitrogens with zero attached hydrogens (tertiary/aromatic N) is 1. The van der Waals surface area contributed by atoms with Crippen molar-refractivity contribution in [2.75, 3.05) is 5.32 Å². The number of carbonyl (C=O) groups is 1. The lowest BCUT2D eigenvalue weighted by Gasteiger charge is -2.31. The van der Waals surface area contributed by atoms with Gasteiger partial charge in [-0.3, -0.25) is 4.79 Å². The van der Waals surface area contributed by atoms with Gasteiger partial charge >= 0.3 is 0 Å². The summed E-state index contributed by atoms with van der Waals surface area (Å²) in [4.78, 5) is 17.0. The van der Waals surface area contributed by atoms with E-state index in [0.29, 0.717) is 5.13 Å². The van der Waals surface area contributed by atoms with E-state index < -0.39 is 5.54 Å². The molecule has 1 aromatic heterocycles. The molecule has 0 bridgehead atoms. The van der Waals surface area contributed by atoms with E-state index in [1.807, 2.05) is 23.6 Å². The number of hydrogen-bond acceptors (Lipinski definition) is 4. The van der Waals surface area contributed by atoms with E-state index in [0.717, 1.165) is 36.9 Å². The number of nitrogens with two attached hydrogens (primary N) is 1. The van der Waals surface area contributed by atoms with Gasteiger partial charge in [-0.25, -0.2) is 4.98 Å². The van der Waals surface area contributed by atoms with Crippen LogP contribution in [0.25, 0.3) is 11.3 Å². The number of aromatic nitrogens is 1. The molecule has 116 valence electrons. The average molecular weight is 315 g/mol. The zero-order valence-corrected chi connectivity index (χ0v) is 13.6. The van der Waals surface area contributed by atoms with Crippen LogP contribution < -0.4 is 11.1 Å². The van der Waals surface area contributed by atoms with Crippen molar-refractivity contribution in [2.45, 2.75) is 44.6 Å². The van der Waals surface area contributed by atoms with E-state index in [-0.39, 0.29) is 5.91 Å². The maximum absolute atomic E-state index is 12.4. The van der Waals surface area contributed by atoms with E-state index in [4.69, 9.17) is 5.73 Å². The maximum Gasteiger partial charge on any atom is 0.246 e. The summed E-state index contributed by atoms with van der Waals surface area (Å²) >= 11 is 1.45. The van der Waals surface area contributed by atoms with Gasteiger partial charge < -0.3 is 11.1 Å². The van der Waals surface area contributed by atoms with Crippen LogP contribution in [0.1, 0.15) is 37.7 Å². The summed E-state index contributed by atoms with van der Waals surface area (Å²) in [7, 11) is 0. The molecule has 0 aliphatic heterocycles. The first-order chi connectivity index (χ1) is 10.6. The molecule has 0 atom stereocenters. The predicted octanol–water partition coefficient (Wildman–Crippen LogP) is 3.72. The topological polar surface area (TPSA) is 68.0 Å². The summed E-state index contributed by atoms with van der Waals surface area (Å²) in [6, 6.07) is 8.11. The average Bonchev–Trinajstić information content (AvgIpc) is 2.97. The number of hydrogen-bond donors (Lipinski definition) is 2. The molecule has 1 heterocycles. The summed E-state index contributed by atoms with van der Waals surface area (Å²) in [6.45, 7) is 2.06. The van der Waals surface area contributed by atoms with Crippen molar-refractivity contribution < 1.29 is 4.79 Å². The molecule has 2 aromatic rings. The van der Waals surface area contributed by atoms with Crippen LogP contribution in [0.5, 0.6) is 0 Å². The van der Waals surface area contributed by atoms with E-state index in [1.54, 1.807) is 0 Å². The van der Waals surface area contributed by atoms with Crippen molar-refractivity contribution in [2.24, 2.45) is 5.73 Å². The minimum Gasteiger partial charge on any atom is -0.317 e. The van der Waals surface area contributed by atoms with Gasteiger partial charge in [0, 0.05) is 10.9 Å². The smallest absolute Gasteiger partial charge is 0.246 e. The highest BCUT2D eigenvalue weighted by molar-refractivity contribution is 7.14. The zero-order chi connectivity index (χ0) is 15.6. The molecule has 1 aromatic carbocycles. The third-order valence-corrected chi connectivity index (χ3v) is 5.10. The number of rotatable bonds is 3. The quantitative estimate of drug-likeness (QED) is 0.907. The maximum atomic E-state index is 12.4. The fourth-order valence-electron chi connectivity index (χ4n) is 2.95. The Hall–Kier alpha value is -1.72. The molecule has 0 radical (unpaired) electrons. The Bertz CT molecular complexity index is 674. The summed E-state index contributed by atoms with van der Waals surface area (Å²) in [5.74, 6) is -0.0992. The first-order valence-corrected chi connectivity index (χ1v) is 8.58. The Balaban J connectivity index is 1.74. The highest BCUT2D eigenvalue weighted by Crippen LogP contribution is 2.30. The highest BCUT2D eigenvalue weighted by atomic mass is 32.1. The number of thiazole rings is 1. The van der Waals surface area contributed by atoms with E-state index in [2.05, 4.69) is 23.3 Å². The largest absolute Gasteiger partial charge is 0.317 e. The minimum absolute atomic E-state index is 0.0992. The molecule has 1 aliphatic carbocycles. The SMILES string of the molecule is Cc1ccccc1-c1csc(NC(=O)C2(N)CCCCC2)n1. The van der Waals surface area contributed by atoms with Gasteiger partial charge in [-0.15, -0.1) is 11.3 Å². The number of aryl methyl sites for hydroxylation is 1. The first kappa shape index (κ1) is 15.2. The molecule has 0 spiro atoms. The van der Waals surface area contributed by atoms with Crippen LogP contribution in [0, 0.1) is 6.92 Å². The molecule has 22 heavy (non-hydrogen) atoms. The number of benzene rings is 1. The van der Waals surface area contributed by atoms with Gasteiger partial charge in [0.05, 0.1) is 11.2 Å². The van der Waals surface area contributed by atoms with Crippen molar-refractivity contribution in [1.82, 2.24) is 4.98 Å². The Kier molecular flexibility index (Phi) is 4.27. The third kappa shape index (κ3) is 3.05. The molecule has 1 fully saturated rings. The molecule has 1 saturated carbocycles. The van der Waals surface area contributed by atoms with Gasteiger partial charge in [0.2, 0.25) is 5.91 Å². The molecular weight excluding hydrogens is 294 g/mol. The monoisotopic (exact) mass is 315 g/mol. The molecule has 0 saturated heterocycles. The normalized spacial score (nSPS) is 17.2. The number of nitrogens with one attached hydrogen (secondary N) is 1. The summed E-state index contributed by atoms with van der Waals surface area (Å²) in [5.41, 5.74) is 8.70. The molecule has 5 heteroatoms. The Morgan fingerprint density at radius 1 is 1.27 bits per heavy atom. The van der Waals surface area contributed by atoms with Crippen molar-refractivity contribution in [3.05, 3.63) is 35.2 Å². The fourth-order valence-corrected chi connectivity index (χ4v) is 3.65. The molecule has 1 amide bonds. The van der Waals surface area contributed by atoms with Gasteiger partial charge in [-0.1, -0.05) is 43.5 Å². The fraction of sp³-hybridized carbons (Fsp3) is 0.412. The third-order valence-electron chi connectivity index (χ3n) is 4.34. The van der Waals surface area contributed by atoms with Crippen molar-refractivity contribution >= 4 is 22.4 Å². The van der Waals surface area contributed by atoms with Gasteiger partial charge in [0.1, 0.15) is 0 Å². The summed E-state index contributed by atoms with van der Waals surface area (Å²) in [5, 5.41) is 5.50. The molecular formula is C17H21N3OS. The van der Waals surface area contributed by atoms with E-state index >= 15 is 0 Å². The van der Waals surface area contributed by atoms with Gasteiger partial charge in [-0.2, -0.15) is 0 Å². The van der Waals surface area contributed by atoms with Crippen LogP contribution in [0.3, 0.4) is 0 Å². The van der Waals surface area contributed by atoms with Gasteiger partial charge in [-0.05, 0) is 25.3 Å².